The summed E-state index contributed by atoms with van der Waals surface area (Å²) in [7, 11) is 0. The van der Waals surface area contributed by atoms with E-state index in [1.807, 2.05) is 0 Å². The summed E-state index contributed by atoms with van der Waals surface area (Å²) in [6.45, 7) is 19.5. The van der Waals surface area contributed by atoms with Crippen molar-refractivity contribution in [3.8, 4) is 0 Å². The van der Waals surface area contributed by atoms with Crippen LogP contribution in [0.1, 0.15) is 227 Å². The molecule has 6 rings (SSSR count). The fraction of sp³-hybridized carbons (Fsp3) is 0.951. The second-order valence-electron chi connectivity index (χ2n) is 24.3. The van der Waals surface area contributed by atoms with E-state index in [1.165, 1.54) is 120 Å². The maximum Gasteiger partial charge on any atom is 0.305 e. The van der Waals surface area contributed by atoms with Crippen LogP contribution in [0, 0.1) is 65.1 Å². The highest BCUT2D eigenvalue weighted by molar-refractivity contribution is 5.69. The molecule has 406 valence electrons. The van der Waals surface area contributed by atoms with Crippen molar-refractivity contribution in [2.75, 3.05) is 65.9 Å². The highest BCUT2D eigenvalue weighted by Crippen LogP contribution is 2.54. The van der Waals surface area contributed by atoms with Crippen molar-refractivity contribution in [2.45, 2.75) is 240 Å². The molecule has 0 aliphatic heterocycles. The monoisotopic (exact) mass is 984 g/mol. The lowest BCUT2D eigenvalue weighted by molar-refractivity contribution is -0.160. The fourth-order valence-corrected chi connectivity index (χ4v) is 11.8. The van der Waals surface area contributed by atoms with Gasteiger partial charge in [0.25, 0.3) is 0 Å². The van der Waals surface area contributed by atoms with E-state index in [-0.39, 0.29) is 25.2 Å². The van der Waals surface area contributed by atoms with Crippen LogP contribution in [0.4, 0.5) is 0 Å². The fourth-order valence-electron chi connectivity index (χ4n) is 11.8. The average Bonchev–Trinajstić information content (AvgIpc) is 4.09. The molecule has 0 heterocycles. The smallest absolute Gasteiger partial charge is 0.305 e. The van der Waals surface area contributed by atoms with Gasteiger partial charge in [-0.3, -0.25) is 4.79 Å². The molecule has 0 bridgehead atoms. The van der Waals surface area contributed by atoms with Crippen LogP contribution >= 0.6 is 0 Å². The first-order chi connectivity index (χ1) is 34.2. The Hall–Kier alpha value is -1.23. The van der Waals surface area contributed by atoms with Gasteiger partial charge in [0.1, 0.15) is 0 Å². The Labute approximate surface area is 429 Å². The van der Waals surface area contributed by atoms with Gasteiger partial charge in [0.2, 0.25) is 0 Å². The van der Waals surface area contributed by atoms with E-state index in [9.17, 15) is 9.90 Å². The summed E-state index contributed by atoms with van der Waals surface area (Å²) in [6.07, 6.45) is 34.0. The van der Waals surface area contributed by atoms with Crippen LogP contribution in [0.25, 0.3) is 0 Å². The molecule has 6 saturated carbocycles. The predicted octanol–water partition coefficient (Wildman–Crippen LogP) is 14.5. The molecule has 0 saturated heterocycles. The molecule has 0 radical (unpaired) electrons. The molecule has 6 fully saturated rings. The summed E-state index contributed by atoms with van der Waals surface area (Å²) in [5, 5.41) is 9.44. The molecule has 0 aromatic heterocycles. The van der Waals surface area contributed by atoms with Gasteiger partial charge < -0.3 is 38.4 Å². The number of aliphatic hydroxyl groups excluding tert-OH is 1. The van der Waals surface area contributed by atoms with Gasteiger partial charge in [-0.05, 0) is 212 Å². The van der Waals surface area contributed by atoms with E-state index in [2.05, 4.69) is 39.5 Å². The van der Waals surface area contributed by atoms with E-state index < -0.39 is 0 Å². The first kappa shape index (κ1) is 58.0. The second-order valence-corrected chi connectivity index (χ2v) is 24.3. The second kappa shape index (κ2) is 32.9. The van der Waals surface area contributed by atoms with Crippen LogP contribution in [0.5, 0.6) is 0 Å². The van der Waals surface area contributed by atoms with Crippen molar-refractivity contribution < 1.29 is 38.3 Å². The number of carbonyl (C=O) groups excluding carboxylic acids is 1. The van der Waals surface area contributed by atoms with Crippen molar-refractivity contribution >= 4 is 5.97 Å². The quantitative estimate of drug-likeness (QED) is 0.0277. The molecule has 0 aromatic rings. The van der Waals surface area contributed by atoms with Gasteiger partial charge in [-0.15, -0.1) is 0 Å². The molecule has 9 nitrogen and oxygen atoms in total. The van der Waals surface area contributed by atoms with Crippen LogP contribution in [0.3, 0.4) is 0 Å². The summed E-state index contributed by atoms with van der Waals surface area (Å²) in [5.41, 5.74) is 1.52. The third-order valence-electron chi connectivity index (χ3n) is 17.8. The average molecular weight is 985 g/mol. The van der Waals surface area contributed by atoms with Gasteiger partial charge in [0, 0.05) is 32.5 Å². The maximum atomic E-state index is 12.6. The Morgan fingerprint density at radius 2 is 1.04 bits per heavy atom. The Morgan fingerprint density at radius 3 is 1.59 bits per heavy atom. The van der Waals surface area contributed by atoms with Crippen molar-refractivity contribution in [3.63, 3.8) is 0 Å². The topological polar surface area (TPSA) is 95.9 Å². The molecule has 13 atom stereocenters. The number of hydrogen-bond acceptors (Lipinski definition) is 9. The molecular formula is C61H109NO8. The van der Waals surface area contributed by atoms with Crippen molar-refractivity contribution in [1.82, 2.24) is 4.90 Å². The number of ether oxygens (including phenoxy) is 6. The zero-order chi connectivity index (χ0) is 49.3. The summed E-state index contributed by atoms with van der Waals surface area (Å²) in [5.74, 6) is 11.1. The third-order valence-corrected chi connectivity index (χ3v) is 17.8. The van der Waals surface area contributed by atoms with E-state index in [0.29, 0.717) is 38.6 Å². The van der Waals surface area contributed by atoms with E-state index >= 15 is 0 Å². The van der Waals surface area contributed by atoms with Crippen molar-refractivity contribution in [3.05, 3.63) is 11.3 Å². The lowest BCUT2D eigenvalue weighted by Gasteiger charge is -2.22. The largest absolute Gasteiger partial charge is 0.498 e. The minimum Gasteiger partial charge on any atom is -0.498 e. The van der Waals surface area contributed by atoms with E-state index in [0.717, 1.165) is 169 Å². The van der Waals surface area contributed by atoms with Crippen LogP contribution in [-0.4, -0.2) is 94.4 Å². The van der Waals surface area contributed by atoms with Gasteiger partial charge in [-0.2, -0.15) is 0 Å². The van der Waals surface area contributed by atoms with E-state index in [4.69, 9.17) is 28.4 Å². The number of unbranched alkanes of at least 4 members (excludes halogenated alkanes) is 7. The minimum atomic E-state index is -0.322. The summed E-state index contributed by atoms with van der Waals surface area (Å²) < 4.78 is 37.5. The Kier molecular flexibility index (Phi) is 27.3. The molecule has 70 heavy (non-hydrogen) atoms. The Bertz CT molecular complexity index is 1440. The number of aliphatic hydroxyl groups is 1. The lowest BCUT2D eigenvalue weighted by atomic mass is 10.0. The SMILES string of the molecule is CCCC(C)CCOC(CCC(=O)OCCCCCCN(CCCCO)CCCCCCOC(CCC(OCCC1CC1CC1CC1C)OCCC1CC1CC1CC1CC)=C1CC1)OCCC1CC1C. The van der Waals surface area contributed by atoms with Gasteiger partial charge in [0.05, 0.1) is 45.2 Å². The zero-order valence-electron chi connectivity index (χ0n) is 46.0. The molecular weight excluding hydrogens is 875 g/mol. The zero-order valence-corrected chi connectivity index (χ0v) is 46.0. The predicted molar refractivity (Wildman–Crippen MR) is 284 cm³/mol. The number of nitrogens with zero attached hydrogens (tertiary/aromatic N) is 1. The van der Waals surface area contributed by atoms with Crippen LogP contribution in [0.2, 0.25) is 0 Å². The van der Waals surface area contributed by atoms with Gasteiger partial charge in [0.15, 0.2) is 12.6 Å². The lowest BCUT2D eigenvalue weighted by Crippen LogP contribution is -2.27. The van der Waals surface area contributed by atoms with Gasteiger partial charge in [-0.1, -0.05) is 79.6 Å². The van der Waals surface area contributed by atoms with Crippen molar-refractivity contribution in [1.29, 1.82) is 0 Å². The first-order valence-corrected chi connectivity index (χ1v) is 30.5. The Balaban J connectivity index is 0.786. The number of allylic oxidation sites excluding steroid dienone is 2. The molecule has 6 aliphatic rings. The Morgan fingerprint density at radius 1 is 0.543 bits per heavy atom. The summed E-state index contributed by atoms with van der Waals surface area (Å²) in [4.78, 5) is 15.2. The molecule has 6 aliphatic carbocycles. The molecule has 13 unspecified atom stereocenters. The number of carbonyl (C=O) groups is 1. The highest BCUT2D eigenvalue weighted by atomic mass is 16.7. The maximum absolute atomic E-state index is 12.6. The van der Waals surface area contributed by atoms with Crippen LogP contribution < -0.4 is 0 Å². The molecule has 0 aromatic carbocycles. The highest BCUT2D eigenvalue weighted by Gasteiger charge is 2.45. The van der Waals surface area contributed by atoms with Crippen LogP contribution in [-0.2, 0) is 33.2 Å². The van der Waals surface area contributed by atoms with Crippen LogP contribution in [0.15, 0.2) is 11.3 Å². The first-order valence-electron chi connectivity index (χ1n) is 30.5. The number of rotatable bonds is 48. The standard InChI is InChI=1S/C61H109NO8/c1-6-18-46(3)25-35-67-61(68-36-26-51-39-47(51)4)24-22-59(64)66-34-17-11-9-13-30-62(31-14-15-32-63)29-12-8-10-16-33-65-58(50-19-20-50)21-23-60(69-37-27-52-42-56(52)44-54-40-48(54)5)70-38-28-53-43-57(53)45-55-41-49(55)7-2/h46-49,51-57,60-61,63H,6-45H2,1-5H3. The van der Waals surface area contributed by atoms with Gasteiger partial charge in [-0.25, -0.2) is 0 Å². The summed E-state index contributed by atoms with van der Waals surface area (Å²) >= 11 is 0. The minimum absolute atomic E-state index is 0.108. The molecule has 9 heteroatoms. The van der Waals surface area contributed by atoms with Crippen molar-refractivity contribution in [2.24, 2.45) is 65.1 Å². The van der Waals surface area contributed by atoms with Gasteiger partial charge >= 0.3 is 5.97 Å². The number of esters is 1. The van der Waals surface area contributed by atoms with E-state index in [1.54, 1.807) is 0 Å². The normalized spacial score (nSPS) is 28.4. The molecule has 0 spiro atoms. The molecule has 0 amide bonds. The molecule has 1 N–H and O–H groups in total. The summed E-state index contributed by atoms with van der Waals surface area (Å²) in [6, 6.07) is 0. The number of hydrogen-bond donors (Lipinski definition) is 1. The third kappa shape index (κ3) is 24.9.